The van der Waals surface area contributed by atoms with Crippen LogP contribution in [0.2, 0.25) is 5.02 Å². The topological polar surface area (TPSA) is 97.2 Å². The van der Waals surface area contributed by atoms with E-state index in [4.69, 9.17) is 11.6 Å². The van der Waals surface area contributed by atoms with Crippen LogP contribution in [0.5, 0.6) is 0 Å². The van der Waals surface area contributed by atoms with Crippen molar-refractivity contribution in [3.63, 3.8) is 0 Å². The van der Waals surface area contributed by atoms with Crippen LogP contribution in [0.15, 0.2) is 59.9 Å². The fourth-order valence-electron chi connectivity index (χ4n) is 3.14. The molecule has 150 valence electrons. The molecule has 4 rings (SSSR count). The van der Waals surface area contributed by atoms with Crippen molar-refractivity contribution in [3.05, 3.63) is 65.6 Å². The molecule has 2 aromatic heterocycles. The van der Waals surface area contributed by atoms with Crippen LogP contribution in [0.1, 0.15) is 23.2 Å². The second kappa shape index (κ2) is 7.84. The molecule has 0 radical (unpaired) electrons. The number of pyridine rings is 1. The second-order valence-electron chi connectivity index (χ2n) is 6.62. The fraction of sp³-hybridized carbons (Fsp3) is 0.211. The summed E-state index contributed by atoms with van der Waals surface area (Å²) in [6.07, 6.45) is 6.36. The minimum atomic E-state index is -3.85. The second-order valence-corrected chi connectivity index (χ2v) is 8.73. The van der Waals surface area contributed by atoms with E-state index < -0.39 is 10.0 Å². The number of carbonyl (C=O) groups excluding carboxylic acids is 1. The normalized spacial score (nSPS) is 14.2. The first-order valence-corrected chi connectivity index (χ1v) is 10.9. The lowest BCUT2D eigenvalue weighted by molar-refractivity contribution is 0.0793. The summed E-state index contributed by atoms with van der Waals surface area (Å²) >= 11 is 6.03. The van der Waals surface area contributed by atoms with Crippen molar-refractivity contribution in [2.75, 3.05) is 17.8 Å². The summed E-state index contributed by atoms with van der Waals surface area (Å²) in [7, 11) is -3.85. The zero-order valence-electron chi connectivity index (χ0n) is 15.3. The standard InChI is InChI=1S/C19H18ClN5O3S/c20-15-10-17(23-29(27,28)16-6-2-1-3-7-16)18(21-12-15)25-13-14(11-22-25)19(26)24-8-4-5-9-24/h1-3,6-7,10-13,23H,4-5,8-9H2. The average molecular weight is 432 g/mol. The van der Waals surface area contributed by atoms with E-state index in [0.29, 0.717) is 5.56 Å². The predicted molar refractivity (Wildman–Crippen MR) is 109 cm³/mol. The summed E-state index contributed by atoms with van der Waals surface area (Å²) in [4.78, 5) is 18.7. The van der Waals surface area contributed by atoms with E-state index in [9.17, 15) is 13.2 Å². The summed E-state index contributed by atoms with van der Waals surface area (Å²) in [6, 6.07) is 9.42. The molecular formula is C19H18ClN5O3S. The molecule has 1 N–H and O–H groups in total. The van der Waals surface area contributed by atoms with Crippen LogP contribution >= 0.6 is 11.6 Å². The van der Waals surface area contributed by atoms with Crippen LogP contribution in [0.3, 0.4) is 0 Å². The molecule has 0 unspecified atom stereocenters. The molecule has 10 heteroatoms. The highest BCUT2D eigenvalue weighted by molar-refractivity contribution is 7.92. The van der Waals surface area contributed by atoms with Crippen molar-refractivity contribution >= 4 is 33.2 Å². The Hall–Kier alpha value is -2.91. The fourth-order valence-corrected chi connectivity index (χ4v) is 4.38. The number of likely N-dealkylation sites (tertiary alicyclic amines) is 1. The maximum absolute atomic E-state index is 12.7. The van der Waals surface area contributed by atoms with Gasteiger partial charge in [-0.05, 0) is 31.0 Å². The molecule has 1 amide bonds. The van der Waals surface area contributed by atoms with Crippen molar-refractivity contribution < 1.29 is 13.2 Å². The van der Waals surface area contributed by atoms with E-state index in [1.807, 2.05) is 0 Å². The van der Waals surface area contributed by atoms with Gasteiger partial charge in [0, 0.05) is 25.5 Å². The van der Waals surface area contributed by atoms with Gasteiger partial charge in [0.25, 0.3) is 15.9 Å². The maximum atomic E-state index is 12.7. The lowest BCUT2D eigenvalue weighted by Crippen LogP contribution is -2.27. The van der Waals surface area contributed by atoms with Crippen LogP contribution in [0.4, 0.5) is 5.69 Å². The molecule has 1 aliphatic heterocycles. The highest BCUT2D eigenvalue weighted by Crippen LogP contribution is 2.25. The number of hydrogen-bond donors (Lipinski definition) is 1. The number of rotatable bonds is 5. The third-order valence-corrected chi connectivity index (χ3v) is 6.16. The minimum Gasteiger partial charge on any atom is -0.339 e. The van der Waals surface area contributed by atoms with Gasteiger partial charge in [0.05, 0.1) is 27.4 Å². The van der Waals surface area contributed by atoms with Gasteiger partial charge in [0.15, 0.2) is 5.82 Å². The molecule has 8 nitrogen and oxygen atoms in total. The number of hydrogen-bond acceptors (Lipinski definition) is 5. The molecule has 0 atom stereocenters. The molecule has 0 aliphatic carbocycles. The third-order valence-electron chi connectivity index (χ3n) is 4.57. The Morgan fingerprint density at radius 1 is 1.10 bits per heavy atom. The molecular weight excluding hydrogens is 414 g/mol. The number of nitrogens with zero attached hydrogens (tertiary/aromatic N) is 4. The third kappa shape index (κ3) is 4.10. The number of aromatic nitrogens is 3. The number of nitrogens with one attached hydrogen (secondary N) is 1. The monoisotopic (exact) mass is 431 g/mol. The average Bonchev–Trinajstić information content (AvgIpc) is 3.40. The van der Waals surface area contributed by atoms with E-state index in [-0.39, 0.29) is 27.3 Å². The predicted octanol–water partition coefficient (Wildman–Crippen LogP) is 2.96. The lowest BCUT2D eigenvalue weighted by atomic mass is 10.3. The molecule has 0 bridgehead atoms. The van der Waals surface area contributed by atoms with Crippen LogP contribution in [0, 0.1) is 0 Å². The molecule has 1 saturated heterocycles. The summed E-state index contributed by atoms with van der Waals surface area (Å²) in [6.45, 7) is 1.46. The highest BCUT2D eigenvalue weighted by Gasteiger charge is 2.22. The van der Waals surface area contributed by atoms with Gasteiger partial charge in [-0.25, -0.2) is 18.1 Å². The Morgan fingerprint density at radius 2 is 1.83 bits per heavy atom. The van der Waals surface area contributed by atoms with Crippen LogP contribution < -0.4 is 4.72 Å². The number of carbonyl (C=O) groups is 1. The summed E-state index contributed by atoms with van der Waals surface area (Å²) in [5, 5.41) is 4.46. The van der Waals surface area contributed by atoms with E-state index >= 15 is 0 Å². The van der Waals surface area contributed by atoms with Gasteiger partial charge in [-0.15, -0.1) is 0 Å². The number of sulfonamides is 1. The Labute approximate surface area is 173 Å². The molecule has 1 aliphatic rings. The zero-order valence-corrected chi connectivity index (χ0v) is 16.9. The van der Waals surface area contributed by atoms with E-state index in [1.165, 1.54) is 41.5 Å². The zero-order chi connectivity index (χ0) is 20.4. The number of benzene rings is 1. The quantitative estimate of drug-likeness (QED) is 0.669. The van der Waals surface area contributed by atoms with Gasteiger partial charge in [-0.1, -0.05) is 29.8 Å². The first-order valence-electron chi connectivity index (χ1n) is 9.02. The first-order chi connectivity index (χ1) is 13.9. The SMILES string of the molecule is O=C(c1cnn(-c2ncc(Cl)cc2NS(=O)(=O)c2ccccc2)c1)N1CCCC1. The Balaban J connectivity index is 1.66. The molecule has 1 fully saturated rings. The van der Waals surface area contributed by atoms with Crippen molar-refractivity contribution in [1.82, 2.24) is 19.7 Å². The maximum Gasteiger partial charge on any atom is 0.262 e. The van der Waals surface area contributed by atoms with Gasteiger partial charge >= 0.3 is 0 Å². The van der Waals surface area contributed by atoms with Gasteiger partial charge in [-0.3, -0.25) is 9.52 Å². The minimum absolute atomic E-state index is 0.103. The lowest BCUT2D eigenvalue weighted by Gasteiger charge is -2.13. The van der Waals surface area contributed by atoms with Crippen molar-refractivity contribution in [3.8, 4) is 5.82 Å². The molecule has 1 aromatic carbocycles. The first kappa shape index (κ1) is 19.4. The Morgan fingerprint density at radius 3 is 2.55 bits per heavy atom. The van der Waals surface area contributed by atoms with Crippen LogP contribution in [-0.2, 0) is 10.0 Å². The summed E-state index contributed by atoms with van der Waals surface area (Å²) in [5.41, 5.74) is 0.574. The van der Waals surface area contributed by atoms with Gasteiger partial charge < -0.3 is 4.90 Å². The molecule has 0 saturated carbocycles. The van der Waals surface area contributed by atoms with Gasteiger partial charge in [0.1, 0.15) is 0 Å². The Kier molecular flexibility index (Phi) is 5.25. The molecule has 3 aromatic rings. The van der Waals surface area contributed by atoms with Crippen LogP contribution in [-0.4, -0.2) is 47.1 Å². The van der Waals surface area contributed by atoms with E-state index in [1.54, 1.807) is 23.1 Å². The van der Waals surface area contributed by atoms with Gasteiger partial charge in [-0.2, -0.15) is 5.10 Å². The Bertz CT molecular complexity index is 1140. The van der Waals surface area contributed by atoms with Crippen molar-refractivity contribution in [2.24, 2.45) is 0 Å². The van der Waals surface area contributed by atoms with E-state index in [0.717, 1.165) is 25.9 Å². The molecule has 3 heterocycles. The van der Waals surface area contributed by atoms with Crippen molar-refractivity contribution in [1.29, 1.82) is 0 Å². The largest absolute Gasteiger partial charge is 0.339 e. The summed E-state index contributed by atoms with van der Waals surface area (Å²) < 4.78 is 29.3. The number of amides is 1. The molecule has 0 spiro atoms. The highest BCUT2D eigenvalue weighted by atomic mass is 35.5. The van der Waals surface area contributed by atoms with Crippen molar-refractivity contribution in [2.45, 2.75) is 17.7 Å². The van der Waals surface area contributed by atoms with E-state index in [2.05, 4.69) is 14.8 Å². The van der Waals surface area contributed by atoms with Crippen LogP contribution in [0.25, 0.3) is 5.82 Å². The number of halogens is 1. The molecule has 29 heavy (non-hydrogen) atoms. The summed E-state index contributed by atoms with van der Waals surface area (Å²) in [5.74, 6) is 0.114. The number of anilines is 1. The van der Waals surface area contributed by atoms with Gasteiger partial charge in [0.2, 0.25) is 0 Å². The smallest absolute Gasteiger partial charge is 0.262 e.